The zero-order valence-electron chi connectivity index (χ0n) is 24.7. The van der Waals surface area contributed by atoms with Crippen LogP contribution in [0, 0.1) is 35.5 Å². The number of amides is 3. The van der Waals surface area contributed by atoms with E-state index in [1.807, 2.05) is 37.8 Å². The molecule has 1 saturated carbocycles. The van der Waals surface area contributed by atoms with Crippen LogP contribution in [-0.2, 0) is 20.9 Å². The highest BCUT2D eigenvalue weighted by Crippen LogP contribution is 2.63. The number of nitrogens with zero attached hydrogens (tertiary/aromatic N) is 5. The number of piperidine rings is 1. The number of aromatic nitrogens is 2. The first-order valence-electron chi connectivity index (χ1n) is 14.0. The summed E-state index contributed by atoms with van der Waals surface area (Å²) in [5, 5.41) is 20.1. The first-order chi connectivity index (χ1) is 21.1. The van der Waals surface area contributed by atoms with Crippen LogP contribution in [0.5, 0.6) is 0 Å². The van der Waals surface area contributed by atoms with Crippen LogP contribution < -0.4 is 5.32 Å². The minimum atomic E-state index is -5.08. The summed E-state index contributed by atoms with van der Waals surface area (Å²) in [5.74, 6) is -3.51. The monoisotopic (exact) mass is 642 g/mol. The number of hydrogen-bond donors (Lipinski definition) is 2. The number of alkyl halides is 3. The van der Waals surface area contributed by atoms with Gasteiger partial charge < -0.3 is 15.3 Å². The molecule has 3 amide bonds. The number of imide groups is 1. The number of piperazine rings is 1. The molecule has 0 spiro atoms. The number of nitrogens with one attached hydrogen (secondary N) is 1. The van der Waals surface area contributed by atoms with E-state index in [9.17, 15) is 32.8 Å². The van der Waals surface area contributed by atoms with Crippen LogP contribution in [-0.4, -0.2) is 80.4 Å². The standard InChI is InChI=1S/C28H28N6O3S.C2HF3O2/c1-14-12-30-7-8-33(14)25(35)21-15(2)32-16(11-29)9-19(21)18-5-6-31-20-10-17(38-24(18)20)13-34-26(36)22-23(27(34)37)28(22,3)4;3-2(4,5)1(6)7/h5-6,9-10,14,22-23,30H,7-8,12-13H2,1-4H3;(H,6,7)/t14-,22?,23?;/m0./s1. The molecule has 0 radical (unpaired) electrons. The van der Waals surface area contributed by atoms with Crippen molar-refractivity contribution in [2.24, 2.45) is 17.3 Å². The molecule has 2 aliphatic heterocycles. The molecule has 45 heavy (non-hydrogen) atoms. The van der Waals surface area contributed by atoms with Crippen molar-refractivity contribution >= 4 is 45.2 Å². The van der Waals surface area contributed by atoms with Crippen LogP contribution in [0.1, 0.15) is 47.4 Å². The highest BCUT2D eigenvalue weighted by Gasteiger charge is 2.72. The Hall–Kier alpha value is -4.42. The minimum absolute atomic E-state index is 0.0247. The van der Waals surface area contributed by atoms with Crippen molar-refractivity contribution in [3.8, 4) is 17.2 Å². The van der Waals surface area contributed by atoms with Gasteiger partial charge in [0.25, 0.3) is 5.91 Å². The number of halogens is 3. The van der Waals surface area contributed by atoms with Crippen molar-refractivity contribution in [3.05, 3.63) is 46.2 Å². The van der Waals surface area contributed by atoms with Gasteiger partial charge in [-0.25, -0.2) is 9.78 Å². The number of carbonyl (C=O) groups excluding carboxylic acids is 3. The van der Waals surface area contributed by atoms with Gasteiger partial charge in [0.15, 0.2) is 0 Å². The molecular formula is C30H29F3N6O5S. The molecule has 15 heteroatoms. The Kier molecular flexibility index (Phi) is 8.17. The normalized spacial score (nSPS) is 22.0. The number of aryl methyl sites for hydroxylation is 1. The fourth-order valence-electron chi connectivity index (χ4n) is 6.09. The fourth-order valence-corrected chi connectivity index (χ4v) is 7.22. The Labute approximate surface area is 259 Å². The van der Waals surface area contributed by atoms with E-state index in [0.29, 0.717) is 35.4 Å². The van der Waals surface area contributed by atoms with Gasteiger partial charge in [0.2, 0.25) is 11.8 Å². The summed E-state index contributed by atoms with van der Waals surface area (Å²) >= 11 is 1.45. The largest absolute Gasteiger partial charge is 0.490 e. The lowest BCUT2D eigenvalue weighted by Gasteiger charge is -2.34. The molecule has 0 bridgehead atoms. The number of aliphatic carboxylic acids is 1. The number of fused-ring (bicyclic) bond motifs is 2. The number of carboxylic acid groups (broad SMARTS) is 1. The van der Waals surface area contributed by atoms with Crippen molar-refractivity contribution in [1.29, 1.82) is 5.26 Å². The predicted octanol–water partition coefficient (Wildman–Crippen LogP) is 3.75. The molecule has 236 valence electrons. The molecule has 3 fully saturated rings. The molecule has 3 aromatic heterocycles. The Bertz CT molecular complexity index is 1760. The van der Waals surface area contributed by atoms with E-state index in [0.717, 1.165) is 21.7 Å². The summed E-state index contributed by atoms with van der Waals surface area (Å²) in [5.41, 5.74) is 3.11. The lowest BCUT2D eigenvalue weighted by atomic mass is 9.96. The Morgan fingerprint density at radius 3 is 2.42 bits per heavy atom. The number of thiophene rings is 1. The Morgan fingerprint density at radius 2 is 1.84 bits per heavy atom. The van der Waals surface area contributed by atoms with E-state index in [1.54, 1.807) is 19.2 Å². The molecule has 11 nitrogen and oxygen atoms in total. The maximum atomic E-state index is 13.8. The average molecular weight is 643 g/mol. The van der Waals surface area contributed by atoms with Gasteiger partial charge in [0.05, 0.1) is 39.9 Å². The van der Waals surface area contributed by atoms with Gasteiger partial charge in [-0.1, -0.05) is 13.8 Å². The van der Waals surface area contributed by atoms with E-state index < -0.39 is 12.1 Å². The smallest absolute Gasteiger partial charge is 0.475 e. The number of rotatable bonds is 4. The number of likely N-dealkylation sites (tertiary alicyclic amines) is 1. The Balaban J connectivity index is 0.000000515. The van der Waals surface area contributed by atoms with Crippen LogP contribution in [0.25, 0.3) is 21.3 Å². The highest BCUT2D eigenvalue weighted by atomic mass is 32.1. The quantitative estimate of drug-likeness (QED) is 0.405. The predicted molar refractivity (Wildman–Crippen MR) is 156 cm³/mol. The molecule has 2 saturated heterocycles. The minimum Gasteiger partial charge on any atom is -0.475 e. The van der Waals surface area contributed by atoms with Gasteiger partial charge in [-0.3, -0.25) is 24.3 Å². The maximum Gasteiger partial charge on any atom is 0.490 e. The van der Waals surface area contributed by atoms with Gasteiger partial charge in [-0.05, 0) is 37.5 Å². The highest BCUT2D eigenvalue weighted by molar-refractivity contribution is 7.19. The molecule has 2 N–H and O–H groups in total. The van der Waals surface area contributed by atoms with Crippen LogP contribution in [0.2, 0.25) is 0 Å². The summed E-state index contributed by atoms with van der Waals surface area (Å²) in [4.78, 5) is 61.5. The molecule has 2 unspecified atom stereocenters. The van der Waals surface area contributed by atoms with Gasteiger partial charge in [0, 0.05) is 47.9 Å². The van der Waals surface area contributed by atoms with E-state index in [2.05, 4.69) is 21.4 Å². The second-order valence-electron chi connectivity index (χ2n) is 11.8. The number of carboxylic acids is 1. The summed E-state index contributed by atoms with van der Waals surface area (Å²) < 4.78 is 32.6. The van der Waals surface area contributed by atoms with Gasteiger partial charge in [-0.2, -0.15) is 18.4 Å². The summed E-state index contributed by atoms with van der Waals surface area (Å²) in [7, 11) is 0. The van der Waals surface area contributed by atoms with E-state index in [1.165, 1.54) is 16.2 Å². The summed E-state index contributed by atoms with van der Waals surface area (Å²) in [6, 6.07) is 7.56. The van der Waals surface area contributed by atoms with E-state index >= 15 is 0 Å². The van der Waals surface area contributed by atoms with Crippen molar-refractivity contribution in [3.63, 3.8) is 0 Å². The second-order valence-corrected chi connectivity index (χ2v) is 12.9. The van der Waals surface area contributed by atoms with Crippen LogP contribution in [0.3, 0.4) is 0 Å². The maximum absolute atomic E-state index is 13.8. The van der Waals surface area contributed by atoms with Crippen molar-refractivity contribution in [2.75, 3.05) is 19.6 Å². The third-order valence-corrected chi connectivity index (χ3v) is 9.63. The summed E-state index contributed by atoms with van der Waals surface area (Å²) in [6.07, 6.45) is -3.40. The molecule has 0 aromatic carbocycles. The molecule has 1 aliphatic carbocycles. The SMILES string of the molecule is Cc1nc(C#N)cc(-c2ccnc3cc(CN4C(=O)C5C(C4=O)C5(C)C)sc23)c1C(=O)N1CCNC[C@@H]1C.O=C(O)C(F)(F)F. The number of nitriles is 1. The number of carbonyl (C=O) groups is 4. The lowest BCUT2D eigenvalue weighted by molar-refractivity contribution is -0.192. The third-order valence-electron chi connectivity index (χ3n) is 8.49. The van der Waals surface area contributed by atoms with Gasteiger partial charge in [0.1, 0.15) is 11.8 Å². The number of pyridine rings is 2. The number of hydrogen-bond acceptors (Lipinski definition) is 9. The molecule has 3 aliphatic rings. The zero-order chi connectivity index (χ0) is 33.0. The third kappa shape index (κ3) is 5.75. The van der Waals surface area contributed by atoms with Gasteiger partial charge in [-0.15, -0.1) is 11.3 Å². The lowest BCUT2D eigenvalue weighted by Crippen LogP contribution is -2.52. The van der Waals surface area contributed by atoms with Crippen LogP contribution >= 0.6 is 11.3 Å². The Morgan fingerprint density at radius 1 is 1.20 bits per heavy atom. The molecular weight excluding hydrogens is 613 g/mol. The van der Waals surface area contributed by atoms with Gasteiger partial charge >= 0.3 is 12.1 Å². The molecule has 3 atom stereocenters. The van der Waals surface area contributed by atoms with Crippen molar-refractivity contribution in [1.82, 2.24) is 25.1 Å². The van der Waals surface area contributed by atoms with E-state index in [4.69, 9.17) is 9.90 Å². The molecule has 5 heterocycles. The molecule has 6 rings (SSSR count). The molecule has 3 aromatic rings. The van der Waals surface area contributed by atoms with Crippen LogP contribution in [0.4, 0.5) is 13.2 Å². The first-order valence-corrected chi connectivity index (χ1v) is 14.9. The van der Waals surface area contributed by atoms with Crippen molar-refractivity contribution in [2.45, 2.75) is 46.5 Å². The second kappa shape index (κ2) is 11.5. The van der Waals surface area contributed by atoms with Crippen molar-refractivity contribution < 1.29 is 37.5 Å². The topological polar surface area (TPSA) is 157 Å². The fraction of sp³-hybridized carbons (Fsp3) is 0.433. The first kappa shape index (κ1) is 32.0. The van der Waals surface area contributed by atoms with Crippen LogP contribution in [0.15, 0.2) is 24.4 Å². The van der Waals surface area contributed by atoms with E-state index in [-0.39, 0.29) is 53.3 Å². The zero-order valence-corrected chi connectivity index (χ0v) is 25.5. The summed E-state index contributed by atoms with van der Waals surface area (Å²) in [6.45, 7) is 9.95. The average Bonchev–Trinajstić information content (AvgIpc) is 3.21.